The van der Waals surface area contributed by atoms with Gasteiger partial charge in [-0.15, -0.1) is 6.58 Å². The second kappa shape index (κ2) is 5.51. The predicted octanol–water partition coefficient (Wildman–Crippen LogP) is 2.38. The van der Waals surface area contributed by atoms with Crippen molar-refractivity contribution in [3.63, 3.8) is 0 Å². The fraction of sp³-hybridized carbons (Fsp3) is 0.312. The highest BCUT2D eigenvalue weighted by Gasteiger charge is 2.24. The Labute approximate surface area is 118 Å². The van der Waals surface area contributed by atoms with E-state index in [1.807, 2.05) is 12.1 Å². The molecule has 0 saturated heterocycles. The zero-order chi connectivity index (χ0) is 13.9. The topological polar surface area (TPSA) is 49.9 Å². The van der Waals surface area contributed by atoms with Crippen molar-refractivity contribution in [2.75, 3.05) is 13.7 Å². The molecule has 4 heteroatoms. The Morgan fingerprint density at radius 3 is 3.20 bits per heavy atom. The number of nitrogens with zero attached hydrogens (tertiary/aromatic N) is 1. The van der Waals surface area contributed by atoms with Crippen LogP contribution in [0.1, 0.15) is 28.6 Å². The fourth-order valence-corrected chi connectivity index (χ4v) is 2.79. The van der Waals surface area contributed by atoms with Crippen LogP contribution in [0.3, 0.4) is 0 Å². The Morgan fingerprint density at radius 2 is 2.40 bits per heavy atom. The minimum atomic E-state index is 0.152. The second-order valence-electron chi connectivity index (χ2n) is 4.97. The minimum Gasteiger partial charge on any atom is -0.496 e. The molecule has 1 aromatic carbocycles. The van der Waals surface area contributed by atoms with E-state index in [-0.39, 0.29) is 6.04 Å². The van der Waals surface area contributed by atoms with Crippen LogP contribution in [-0.2, 0) is 12.8 Å². The average molecular weight is 269 g/mol. The molecule has 0 unspecified atom stereocenters. The van der Waals surface area contributed by atoms with E-state index in [9.17, 15) is 0 Å². The van der Waals surface area contributed by atoms with Crippen LogP contribution in [0.5, 0.6) is 5.75 Å². The molecule has 0 radical (unpaired) electrons. The number of rotatable bonds is 4. The summed E-state index contributed by atoms with van der Waals surface area (Å²) in [6.45, 7) is 4.77. The first kappa shape index (κ1) is 12.9. The molecule has 1 aromatic heterocycles. The zero-order valence-electron chi connectivity index (χ0n) is 11.6. The van der Waals surface area contributed by atoms with Gasteiger partial charge in [0.2, 0.25) is 0 Å². The summed E-state index contributed by atoms with van der Waals surface area (Å²) in [5, 5.41) is 3.54. The van der Waals surface area contributed by atoms with Crippen molar-refractivity contribution in [3.05, 3.63) is 59.7 Å². The van der Waals surface area contributed by atoms with E-state index in [1.54, 1.807) is 13.4 Å². The summed E-state index contributed by atoms with van der Waals surface area (Å²) in [6, 6.07) is 6.46. The zero-order valence-corrected chi connectivity index (χ0v) is 11.6. The van der Waals surface area contributed by atoms with Crippen LogP contribution in [0.15, 0.2) is 37.2 Å². The molecule has 0 bridgehead atoms. The second-order valence-corrected chi connectivity index (χ2v) is 4.97. The van der Waals surface area contributed by atoms with Gasteiger partial charge in [-0.1, -0.05) is 12.1 Å². The van der Waals surface area contributed by atoms with Gasteiger partial charge in [0, 0.05) is 18.7 Å². The Kier molecular flexibility index (Phi) is 3.56. The first-order chi connectivity index (χ1) is 9.83. The van der Waals surface area contributed by atoms with Crippen LogP contribution in [0.4, 0.5) is 0 Å². The average Bonchev–Trinajstić information content (AvgIpc) is 2.96. The number of allylic oxidation sites excluding steroid dienone is 1. The monoisotopic (exact) mass is 269 g/mol. The number of aromatic nitrogens is 2. The van der Waals surface area contributed by atoms with Gasteiger partial charge in [-0.2, -0.15) is 0 Å². The maximum absolute atomic E-state index is 5.40. The predicted molar refractivity (Wildman–Crippen MR) is 79.0 cm³/mol. The molecule has 1 atom stereocenters. The van der Waals surface area contributed by atoms with Gasteiger partial charge in [0.1, 0.15) is 5.75 Å². The quantitative estimate of drug-likeness (QED) is 0.838. The number of ether oxygens (including phenoxy) is 1. The van der Waals surface area contributed by atoms with Crippen LogP contribution in [0.25, 0.3) is 0 Å². The van der Waals surface area contributed by atoms with Gasteiger partial charge >= 0.3 is 0 Å². The number of nitrogens with one attached hydrogen (secondary N) is 2. The van der Waals surface area contributed by atoms with Crippen LogP contribution in [-0.4, -0.2) is 23.6 Å². The number of imidazole rings is 1. The number of hydrogen-bond donors (Lipinski definition) is 2. The van der Waals surface area contributed by atoms with Gasteiger partial charge in [0.15, 0.2) is 0 Å². The highest BCUT2D eigenvalue weighted by atomic mass is 16.5. The molecule has 104 valence electrons. The number of hydrogen-bond acceptors (Lipinski definition) is 3. The molecule has 2 aromatic rings. The summed E-state index contributed by atoms with van der Waals surface area (Å²) in [5.41, 5.74) is 4.71. The summed E-state index contributed by atoms with van der Waals surface area (Å²) in [7, 11) is 1.70. The molecular formula is C16H19N3O. The number of fused-ring (bicyclic) bond motifs is 1. The van der Waals surface area contributed by atoms with Crippen molar-refractivity contribution in [3.8, 4) is 5.75 Å². The first-order valence-electron chi connectivity index (χ1n) is 6.86. The van der Waals surface area contributed by atoms with E-state index < -0.39 is 0 Å². The third-order valence-corrected chi connectivity index (χ3v) is 3.75. The Hall–Kier alpha value is -2.07. The van der Waals surface area contributed by atoms with Crippen LogP contribution in [0, 0.1) is 0 Å². The lowest BCUT2D eigenvalue weighted by molar-refractivity contribution is 0.410. The van der Waals surface area contributed by atoms with Crippen LogP contribution >= 0.6 is 0 Å². The maximum Gasteiger partial charge on any atom is 0.122 e. The fourth-order valence-electron chi connectivity index (χ4n) is 2.79. The molecule has 4 nitrogen and oxygen atoms in total. The van der Waals surface area contributed by atoms with E-state index in [2.05, 4.69) is 34.0 Å². The Morgan fingerprint density at radius 1 is 1.50 bits per heavy atom. The van der Waals surface area contributed by atoms with Crippen molar-refractivity contribution in [1.29, 1.82) is 0 Å². The van der Waals surface area contributed by atoms with Gasteiger partial charge < -0.3 is 15.0 Å². The van der Waals surface area contributed by atoms with Crippen molar-refractivity contribution < 1.29 is 4.74 Å². The summed E-state index contributed by atoms with van der Waals surface area (Å²) in [6.07, 6.45) is 5.48. The van der Waals surface area contributed by atoms with Crippen LogP contribution in [0.2, 0.25) is 0 Å². The highest BCUT2D eigenvalue weighted by Crippen LogP contribution is 2.30. The third kappa shape index (κ3) is 2.23. The number of aromatic amines is 1. The van der Waals surface area contributed by atoms with Gasteiger partial charge in [0.25, 0.3) is 0 Å². The number of benzene rings is 1. The summed E-state index contributed by atoms with van der Waals surface area (Å²) < 4.78 is 5.40. The Balaban J connectivity index is 1.99. The molecule has 2 N–H and O–H groups in total. The molecular weight excluding hydrogens is 250 g/mol. The lowest BCUT2D eigenvalue weighted by atomic mass is 9.95. The summed E-state index contributed by atoms with van der Waals surface area (Å²) in [5.74, 6) is 0.909. The van der Waals surface area contributed by atoms with Gasteiger partial charge in [-0.05, 0) is 29.7 Å². The minimum absolute atomic E-state index is 0.152. The lowest BCUT2D eigenvalue weighted by Crippen LogP contribution is -2.30. The van der Waals surface area contributed by atoms with E-state index in [1.165, 1.54) is 11.3 Å². The SMILES string of the molecule is C=CCc1cc([C@H]2NCCc3[nH]cnc32)ccc1OC. The van der Waals surface area contributed by atoms with E-state index in [4.69, 9.17) is 4.74 Å². The Bertz CT molecular complexity index is 618. The van der Waals surface area contributed by atoms with Crippen LogP contribution < -0.4 is 10.1 Å². The summed E-state index contributed by atoms with van der Waals surface area (Å²) >= 11 is 0. The first-order valence-corrected chi connectivity index (χ1v) is 6.86. The molecule has 0 fully saturated rings. The highest BCUT2D eigenvalue weighted by molar-refractivity contribution is 5.42. The van der Waals surface area contributed by atoms with E-state index >= 15 is 0 Å². The molecule has 0 amide bonds. The van der Waals surface area contributed by atoms with Crippen molar-refractivity contribution in [2.45, 2.75) is 18.9 Å². The lowest BCUT2D eigenvalue weighted by Gasteiger charge is -2.24. The summed E-state index contributed by atoms with van der Waals surface area (Å²) in [4.78, 5) is 7.69. The smallest absolute Gasteiger partial charge is 0.122 e. The molecule has 0 saturated carbocycles. The number of H-pyrrole nitrogens is 1. The van der Waals surface area contributed by atoms with Crippen molar-refractivity contribution in [1.82, 2.24) is 15.3 Å². The largest absolute Gasteiger partial charge is 0.496 e. The normalized spacial score (nSPS) is 17.6. The molecule has 3 rings (SSSR count). The molecule has 20 heavy (non-hydrogen) atoms. The third-order valence-electron chi connectivity index (χ3n) is 3.75. The molecule has 0 aliphatic carbocycles. The van der Waals surface area contributed by atoms with E-state index in [0.717, 1.165) is 36.4 Å². The van der Waals surface area contributed by atoms with Gasteiger partial charge in [-0.25, -0.2) is 4.98 Å². The molecule has 1 aliphatic rings. The van der Waals surface area contributed by atoms with Crippen molar-refractivity contribution in [2.24, 2.45) is 0 Å². The number of methoxy groups -OCH3 is 1. The molecule has 2 heterocycles. The maximum atomic E-state index is 5.40. The van der Waals surface area contributed by atoms with Gasteiger partial charge in [0.05, 0.1) is 25.2 Å². The molecule has 1 aliphatic heterocycles. The standard InChI is InChI=1S/C16H19N3O/c1-3-4-11-9-12(5-6-14(11)20-2)15-16-13(7-8-17-15)18-10-19-16/h3,5-6,9-10,15,17H,1,4,7-8H2,2H3,(H,18,19)/t15-/m1/s1. The molecule has 0 spiro atoms. The van der Waals surface area contributed by atoms with E-state index in [0.29, 0.717) is 0 Å². The van der Waals surface area contributed by atoms with Gasteiger partial charge in [-0.3, -0.25) is 0 Å². The van der Waals surface area contributed by atoms with Crippen molar-refractivity contribution >= 4 is 0 Å².